The first kappa shape index (κ1) is 13.3. The Morgan fingerprint density at radius 3 is 3.21 bits per heavy atom. The Balaban J connectivity index is 1.58. The molecule has 3 rings (SSSR count). The van der Waals surface area contributed by atoms with Crippen LogP contribution < -0.4 is 16.0 Å². The Bertz CT molecular complexity index is 432. The fraction of sp³-hybridized carbons (Fsp3) is 0.600. The second kappa shape index (κ2) is 6.16. The minimum Gasteiger partial charge on any atom is -0.493 e. The lowest BCUT2D eigenvalue weighted by atomic mass is 9.93. The van der Waals surface area contributed by atoms with E-state index in [-0.39, 0.29) is 0 Å². The summed E-state index contributed by atoms with van der Waals surface area (Å²) in [7, 11) is 0. The van der Waals surface area contributed by atoms with Crippen molar-refractivity contribution in [3.05, 3.63) is 29.3 Å². The molecule has 2 atom stereocenters. The summed E-state index contributed by atoms with van der Waals surface area (Å²) in [6, 6.07) is 7.08. The maximum absolute atomic E-state index is 5.73. The number of hydrazine groups is 1. The van der Waals surface area contributed by atoms with Crippen LogP contribution in [-0.2, 0) is 12.8 Å². The zero-order valence-corrected chi connectivity index (χ0v) is 12.0. The second-order valence-corrected chi connectivity index (χ2v) is 6.63. The largest absolute Gasteiger partial charge is 0.493 e. The molecule has 0 aliphatic carbocycles. The molecule has 0 aromatic heterocycles. The van der Waals surface area contributed by atoms with Crippen LogP contribution in [0.2, 0.25) is 0 Å². The monoisotopic (exact) mass is 278 g/mol. The van der Waals surface area contributed by atoms with Crippen molar-refractivity contribution in [2.75, 3.05) is 18.1 Å². The maximum Gasteiger partial charge on any atom is 0.122 e. The van der Waals surface area contributed by atoms with Crippen LogP contribution in [0.5, 0.6) is 5.75 Å². The molecule has 19 heavy (non-hydrogen) atoms. The van der Waals surface area contributed by atoms with Crippen LogP contribution in [0.4, 0.5) is 0 Å². The zero-order chi connectivity index (χ0) is 13.1. The van der Waals surface area contributed by atoms with Gasteiger partial charge < -0.3 is 4.74 Å². The van der Waals surface area contributed by atoms with Crippen LogP contribution in [0.1, 0.15) is 24.0 Å². The van der Waals surface area contributed by atoms with Crippen molar-refractivity contribution in [1.82, 2.24) is 5.43 Å². The lowest BCUT2D eigenvalue weighted by Gasteiger charge is -2.22. The summed E-state index contributed by atoms with van der Waals surface area (Å²) in [5.74, 6) is 10.1. The number of fused-ring (bicyclic) bond motifs is 1. The SMILES string of the molecule is NNC(CCc1ccc2c(c1)CCO2)C1CCSC1. The summed E-state index contributed by atoms with van der Waals surface area (Å²) < 4.78 is 5.55. The number of thioether (sulfide) groups is 1. The highest BCUT2D eigenvalue weighted by atomic mass is 32.2. The van der Waals surface area contributed by atoms with Gasteiger partial charge in [-0.05, 0) is 53.9 Å². The molecule has 0 spiro atoms. The summed E-state index contributed by atoms with van der Waals surface area (Å²) in [5.41, 5.74) is 5.81. The molecule has 2 unspecified atom stereocenters. The fourth-order valence-corrected chi connectivity index (χ4v) is 4.38. The summed E-state index contributed by atoms with van der Waals surface area (Å²) in [6.45, 7) is 0.838. The minimum absolute atomic E-state index is 0.458. The third kappa shape index (κ3) is 3.07. The number of nitrogens with one attached hydrogen (secondary N) is 1. The lowest BCUT2D eigenvalue weighted by molar-refractivity contribution is 0.356. The average Bonchev–Trinajstić information content (AvgIpc) is 3.10. The van der Waals surface area contributed by atoms with Crippen molar-refractivity contribution in [3.63, 3.8) is 0 Å². The Hall–Kier alpha value is -0.710. The van der Waals surface area contributed by atoms with Gasteiger partial charge in [-0.25, -0.2) is 0 Å². The number of aryl methyl sites for hydroxylation is 1. The van der Waals surface area contributed by atoms with Gasteiger partial charge >= 0.3 is 0 Å². The molecule has 1 saturated heterocycles. The van der Waals surface area contributed by atoms with Gasteiger partial charge in [-0.1, -0.05) is 12.1 Å². The maximum atomic E-state index is 5.73. The topological polar surface area (TPSA) is 47.3 Å². The molecule has 3 nitrogen and oxygen atoms in total. The highest BCUT2D eigenvalue weighted by Crippen LogP contribution is 2.29. The lowest BCUT2D eigenvalue weighted by Crippen LogP contribution is -2.41. The van der Waals surface area contributed by atoms with Crippen molar-refractivity contribution >= 4 is 11.8 Å². The van der Waals surface area contributed by atoms with Crippen LogP contribution >= 0.6 is 11.8 Å². The number of hydrogen-bond acceptors (Lipinski definition) is 4. The fourth-order valence-electron chi connectivity index (χ4n) is 3.04. The van der Waals surface area contributed by atoms with E-state index in [1.807, 2.05) is 0 Å². The Morgan fingerprint density at radius 2 is 2.42 bits per heavy atom. The predicted molar refractivity (Wildman–Crippen MR) is 80.5 cm³/mol. The summed E-state index contributed by atoms with van der Waals surface area (Å²) in [4.78, 5) is 0. The normalized spacial score (nSPS) is 23.1. The van der Waals surface area contributed by atoms with Crippen molar-refractivity contribution < 1.29 is 4.74 Å². The van der Waals surface area contributed by atoms with Gasteiger partial charge in [0.2, 0.25) is 0 Å². The van der Waals surface area contributed by atoms with E-state index in [1.54, 1.807) is 0 Å². The van der Waals surface area contributed by atoms with Crippen molar-refractivity contribution in [3.8, 4) is 5.75 Å². The highest BCUT2D eigenvalue weighted by Gasteiger charge is 2.24. The third-order valence-corrected chi connectivity index (χ3v) is 5.43. The molecule has 0 bridgehead atoms. The van der Waals surface area contributed by atoms with Gasteiger partial charge in [0.25, 0.3) is 0 Å². The zero-order valence-electron chi connectivity index (χ0n) is 11.2. The Kier molecular flexibility index (Phi) is 4.31. The summed E-state index contributed by atoms with van der Waals surface area (Å²) >= 11 is 2.05. The molecule has 1 aromatic rings. The molecule has 2 aliphatic heterocycles. The second-order valence-electron chi connectivity index (χ2n) is 5.48. The third-order valence-electron chi connectivity index (χ3n) is 4.25. The first-order valence-corrected chi connectivity index (χ1v) is 8.31. The molecule has 2 heterocycles. The predicted octanol–water partition coefficient (Wildman–Crippen LogP) is 2.14. The number of nitrogens with two attached hydrogens (primary N) is 1. The molecule has 0 saturated carbocycles. The van der Waals surface area contributed by atoms with Gasteiger partial charge in [0.15, 0.2) is 0 Å². The first-order valence-electron chi connectivity index (χ1n) is 7.15. The van der Waals surface area contributed by atoms with E-state index in [2.05, 4.69) is 35.4 Å². The van der Waals surface area contributed by atoms with E-state index in [9.17, 15) is 0 Å². The van der Waals surface area contributed by atoms with Crippen LogP contribution in [0.3, 0.4) is 0 Å². The van der Waals surface area contributed by atoms with E-state index < -0.39 is 0 Å². The van der Waals surface area contributed by atoms with E-state index in [0.29, 0.717) is 6.04 Å². The quantitative estimate of drug-likeness (QED) is 0.640. The minimum atomic E-state index is 0.458. The van der Waals surface area contributed by atoms with E-state index in [4.69, 9.17) is 10.6 Å². The molecular formula is C15H22N2OS. The van der Waals surface area contributed by atoms with E-state index >= 15 is 0 Å². The molecule has 4 heteroatoms. The van der Waals surface area contributed by atoms with Crippen LogP contribution in [-0.4, -0.2) is 24.2 Å². The van der Waals surface area contributed by atoms with Crippen molar-refractivity contribution in [1.29, 1.82) is 0 Å². The number of ether oxygens (including phenoxy) is 1. The summed E-state index contributed by atoms with van der Waals surface area (Å²) in [6.07, 6.45) is 4.59. The average molecular weight is 278 g/mol. The Morgan fingerprint density at radius 1 is 1.47 bits per heavy atom. The first-order chi connectivity index (χ1) is 9.36. The number of rotatable bonds is 5. The standard InChI is InChI=1S/C15H22N2OS/c16-17-14(13-6-8-19-10-13)3-1-11-2-4-15-12(9-11)5-7-18-15/h2,4,9,13-14,17H,1,3,5-8,10,16H2. The van der Waals surface area contributed by atoms with Crippen molar-refractivity contribution in [2.24, 2.45) is 11.8 Å². The highest BCUT2D eigenvalue weighted by molar-refractivity contribution is 7.99. The molecule has 1 fully saturated rings. The van der Waals surface area contributed by atoms with Crippen LogP contribution in [0.25, 0.3) is 0 Å². The van der Waals surface area contributed by atoms with Gasteiger partial charge in [-0.2, -0.15) is 11.8 Å². The van der Waals surface area contributed by atoms with Crippen molar-refractivity contribution in [2.45, 2.75) is 31.7 Å². The Labute approximate surface area is 119 Å². The molecule has 3 N–H and O–H groups in total. The smallest absolute Gasteiger partial charge is 0.122 e. The van der Waals surface area contributed by atoms with Gasteiger partial charge in [0, 0.05) is 12.5 Å². The number of hydrogen-bond donors (Lipinski definition) is 2. The number of benzene rings is 1. The molecular weight excluding hydrogens is 256 g/mol. The molecule has 0 amide bonds. The molecule has 1 aromatic carbocycles. The van der Waals surface area contributed by atoms with Gasteiger partial charge in [0.05, 0.1) is 6.61 Å². The van der Waals surface area contributed by atoms with Gasteiger partial charge in [-0.3, -0.25) is 11.3 Å². The molecule has 2 aliphatic rings. The van der Waals surface area contributed by atoms with E-state index in [1.165, 1.54) is 29.1 Å². The van der Waals surface area contributed by atoms with E-state index in [0.717, 1.165) is 37.5 Å². The molecule has 104 valence electrons. The molecule has 0 radical (unpaired) electrons. The van der Waals surface area contributed by atoms with Gasteiger partial charge in [0.1, 0.15) is 5.75 Å². The summed E-state index contributed by atoms with van der Waals surface area (Å²) in [5, 5.41) is 0. The van der Waals surface area contributed by atoms with Crippen LogP contribution in [0.15, 0.2) is 18.2 Å². The van der Waals surface area contributed by atoms with Gasteiger partial charge in [-0.15, -0.1) is 0 Å². The van der Waals surface area contributed by atoms with Crippen LogP contribution in [0, 0.1) is 5.92 Å².